The number of halogens is 11. The van der Waals surface area contributed by atoms with Gasteiger partial charge in [-0.2, -0.15) is 13.2 Å². The number of hydrogen-bond acceptors (Lipinski definition) is 6. The van der Waals surface area contributed by atoms with Gasteiger partial charge in [0.1, 0.15) is 39.9 Å². The first kappa shape index (κ1) is 29.0. The van der Waals surface area contributed by atoms with Crippen molar-refractivity contribution in [2.24, 2.45) is 0 Å². The molecule has 0 aromatic carbocycles. The van der Waals surface area contributed by atoms with Gasteiger partial charge in [0.05, 0.1) is 16.3 Å². The van der Waals surface area contributed by atoms with Crippen LogP contribution < -0.4 is 5.32 Å². The van der Waals surface area contributed by atoms with Crippen molar-refractivity contribution in [1.29, 1.82) is 0 Å². The van der Waals surface area contributed by atoms with Crippen molar-refractivity contribution in [3.05, 3.63) is 67.8 Å². The van der Waals surface area contributed by atoms with Crippen LogP contribution in [0.25, 0.3) is 0 Å². The van der Waals surface area contributed by atoms with Crippen molar-refractivity contribution in [2.45, 2.75) is 25.4 Å². The Kier molecular flexibility index (Phi) is 10.5. The molecule has 0 radical (unpaired) electrons. The Morgan fingerprint density at radius 1 is 0.800 bits per heavy atom. The maximum Gasteiger partial charge on any atom is 0.417 e. The minimum Gasteiger partial charge on any atom is -0.368 e. The van der Waals surface area contributed by atoms with Gasteiger partial charge in [0.2, 0.25) is 0 Å². The first-order valence-electron chi connectivity index (χ1n) is 9.01. The molecule has 0 bridgehead atoms. The van der Waals surface area contributed by atoms with Gasteiger partial charge in [0.15, 0.2) is 5.15 Å². The first-order valence-corrected chi connectivity index (χ1v) is 10.5. The third-order valence-corrected chi connectivity index (χ3v) is 5.36. The lowest BCUT2D eigenvalue weighted by Gasteiger charge is -2.11. The van der Waals surface area contributed by atoms with Crippen LogP contribution in [0.4, 0.5) is 36.6 Å². The summed E-state index contributed by atoms with van der Waals surface area (Å²) in [7, 11) is 0. The third kappa shape index (κ3) is 8.16. The van der Waals surface area contributed by atoms with Crippen molar-refractivity contribution in [3.63, 3.8) is 0 Å². The van der Waals surface area contributed by atoms with Gasteiger partial charge >= 0.3 is 6.18 Å². The zero-order valence-electron chi connectivity index (χ0n) is 16.8. The second-order valence-corrected chi connectivity index (χ2v) is 7.73. The van der Waals surface area contributed by atoms with Gasteiger partial charge < -0.3 is 5.32 Å². The molecule has 0 aliphatic heterocycles. The molecule has 3 heterocycles. The fourth-order valence-corrected chi connectivity index (χ4v) is 3.10. The highest BCUT2D eigenvalue weighted by Gasteiger charge is 2.31. The largest absolute Gasteiger partial charge is 0.417 e. The minimum absolute atomic E-state index is 0.00926. The third-order valence-electron chi connectivity index (χ3n) is 3.90. The van der Waals surface area contributed by atoms with Crippen molar-refractivity contribution in [1.82, 2.24) is 24.9 Å². The number of rotatable bonds is 6. The van der Waals surface area contributed by atoms with Crippen LogP contribution in [0.5, 0.6) is 0 Å². The summed E-state index contributed by atoms with van der Waals surface area (Å²) in [5.41, 5.74) is -1.88. The summed E-state index contributed by atoms with van der Waals surface area (Å²) in [6, 6.07) is 0.774. The van der Waals surface area contributed by atoms with Crippen molar-refractivity contribution < 1.29 is 30.7 Å². The molecule has 0 fully saturated rings. The maximum atomic E-state index is 12.7. The molecule has 0 aliphatic rings. The summed E-state index contributed by atoms with van der Waals surface area (Å²) in [6.45, 7) is 0.123. The molecular formula is C18H11Cl4F7N6. The topological polar surface area (TPSA) is 76.5 Å². The molecule has 0 saturated heterocycles. The van der Waals surface area contributed by atoms with E-state index in [2.05, 4.69) is 30.2 Å². The van der Waals surface area contributed by atoms with Gasteiger partial charge in [-0.3, -0.25) is 4.98 Å². The molecule has 0 spiro atoms. The standard InChI is InChI=1S/C13H9Cl2F5N4.C5H2Cl2F2N2/c14-7-3-6(13(18,19)20)4-22-8(7)1-2-21-12-9(15)10(11(16)17)23-5-24-12;6-2-3(5(8)9)10-1-11-4(2)7/h3-5,11H,1-2H2,(H,21,23,24);1,5H. The van der Waals surface area contributed by atoms with Crippen LogP contribution in [-0.4, -0.2) is 31.5 Å². The fourth-order valence-electron chi connectivity index (χ4n) is 2.28. The van der Waals surface area contributed by atoms with Gasteiger partial charge in [0.25, 0.3) is 12.9 Å². The van der Waals surface area contributed by atoms with E-state index in [1.165, 1.54) is 0 Å². The summed E-state index contributed by atoms with van der Waals surface area (Å²) >= 11 is 22.2. The highest BCUT2D eigenvalue weighted by molar-refractivity contribution is 6.41. The quantitative estimate of drug-likeness (QED) is 0.238. The summed E-state index contributed by atoms with van der Waals surface area (Å²) in [4.78, 5) is 17.4. The molecule has 6 nitrogen and oxygen atoms in total. The fraction of sp³-hybridized carbons (Fsp3) is 0.278. The molecule has 0 amide bonds. The lowest BCUT2D eigenvalue weighted by atomic mass is 10.2. The van der Waals surface area contributed by atoms with Crippen LogP contribution >= 0.6 is 46.4 Å². The highest BCUT2D eigenvalue weighted by atomic mass is 35.5. The Balaban J connectivity index is 0.000000328. The summed E-state index contributed by atoms with van der Waals surface area (Å²) < 4.78 is 86.8. The molecule has 3 rings (SSSR count). The number of aromatic nitrogens is 5. The predicted molar refractivity (Wildman–Crippen MR) is 115 cm³/mol. The zero-order valence-corrected chi connectivity index (χ0v) is 19.8. The van der Waals surface area contributed by atoms with E-state index in [0.717, 1.165) is 18.7 Å². The summed E-state index contributed by atoms with van der Waals surface area (Å²) in [5, 5.41) is 1.78. The Morgan fingerprint density at radius 2 is 1.37 bits per heavy atom. The van der Waals surface area contributed by atoms with E-state index in [1.807, 2.05) is 0 Å². The van der Waals surface area contributed by atoms with Crippen LogP contribution in [0.1, 0.15) is 35.5 Å². The smallest absolute Gasteiger partial charge is 0.368 e. The van der Waals surface area contributed by atoms with Gasteiger partial charge in [-0.25, -0.2) is 37.5 Å². The normalized spacial score (nSPS) is 11.5. The van der Waals surface area contributed by atoms with Crippen LogP contribution in [-0.2, 0) is 12.6 Å². The molecule has 0 saturated carbocycles. The zero-order chi connectivity index (χ0) is 26.3. The summed E-state index contributed by atoms with van der Waals surface area (Å²) in [6.07, 6.45) is -7.42. The van der Waals surface area contributed by atoms with E-state index >= 15 is 0 Å². The van der Waals surface area contributed by atoms with Gasteiger partial charge in [0, 0.05) is 19.2 Å². The molecule has 0 aliphatic carbocycles. The van der Waals surface area contributed by atoms with E-state index in [9.17, 15) is 30.7 Å². The van der Waals surface area contributed by atoms with Crippen molar-refractivity contribution in [2.75, 3.05) is 11.9 Å². The molecule has 17 heteroatoms. The molecule has 35 heavy (non-hydrogen) atoms. The maximum absolute atomic E-state index is 12.7. The number of nitrogens with zero attached hydrogens (tertiary/aromatic N) is 5. The van der Waals surface area contributed by atoms with E-state index in [0.29, 0.717) is 6.20 Å². The predicted octanol–water partition coefficient (Wildman–Crippen LogP) is 7.51. The van der Waals surface area contributed by atoms with Crippen molar-refractivity contribution >= 4 is 52.2 Å². The van der Waals surface area contributed by atoms with Gasteiger partial charge in [-0.05, 0) is 6.07 Å². The monoisotopic (exact) mass is 584 g/mol. The average Bonchev–Trinajstić information content (AvgIpc) is 2.77. The molecule has 3 aromatic rings. The molecule has 0 unspecified atom stereocenters. The van der Waals surface area contributed by atoms with E-state index < -0.39 is 36.0 Å². The summed E-state index contributed by atoms with van der Waals surface area (Å²) in [5.74, 6) is -0.00926. The lowest BCUT2D eigenvalue weighted by Crippen LogP contribution is -2.11. The molecule has 1 N–H and O–H groups in total. The number of alkyl halides is 7. The van der Waals surface area contributed by atoms with Crippen LogP contribution in [0, 0.1) is 0 Å². The minimum atomic E-state index is -4.53. The average molecular weight is 586 g/mol. The first-order chi connectivity index (χ1) is 16.3. The van der Waals surface area contributed by atoms with E-state index in [-0.39, 0.29) is 44.7 Å². The van der Waals surface area contributed by atoms with Gasteiger partial charge in [-0.1, -0.05) is 46.4 Å². The second kappa shape index (κ2) is 12.7. The van der Waals surface area contributed by atoms with E-state index in [4.69, 9.17) is 46.4 Å². The SMILES string of the molecule is FC(F)c1ncnc(Cl)c1Cl.FC(F)c1ncnc(NCCc2ncc(C(F)(F)F)cc2Cl)c1Cl. The lowest BCUT2D eigenvalue weighted by molar-refractivity contribution is -0.137. The number of anilines is 1. The molecular weight excluding hydrogens is 575 g/mol. The Bertz CT molecular complexity index is 1150. The van der Waals surface area contributed by atoms with Crippen molar-refractivity contribution in [3.8, 4) is 0 Å². The number of pyridine rings is 1. The molecule has 3 aromatic heterocycles. The van der Waals surface area contributed by atoms with Crippen LogP contribution in [0.3, 0.4) is 0 Å². The Hall–Kier alpha value is -2.22. The Labute approximate surface area is 212 Å². The number of nitrogens with one attached hydrogen (secondary N) is 1. The Morgan fingerprint density at radius 3 is 1.89 bits per heavy atom. The molecule has 0 atom stereocenters. The number of hydrogen-bond donors (Lipinski definition) is 1. The molecule has 190 valence electrons. The second-order valence-electron chi connectivity index (χ2n) is 6.21. The van der Waals surface area contributed by atoms with Gasteiger partial charge in [-0.15, -0.1) is 0 Å². The van der Waals surface area contributed by atoms with Crippen LogP contribution in [0.2, 0.25) is 20.2 Å². The van der Waals surface area contributed by atoms with Crippen LogP contribution in [0.15, 0.2) is 24.9 Å². The van der Waals surface area contributed by atoms with E-state index in [1.54, 1.807) is 0 Å². The highest BCUT2D eigenvalue weighted by Crippen LogP contribution is 2.32.